The molecular formula is C20H18N4O4. The van der Waals surface area contributed by atoms with Crippen LogP contribution in [0.25, 0.3) is 0 Å². The smallest absolute Gasteiger partial charge is 0.293 e. The summed E-state index contributed by atoms with van der Waals surface area (Å²) in [5.41, 5.74) is 1.79. The summed E-state index contributed by atoms with van der Waals surface area (Å²) < 4.78 is 5.07. The Kier molecular flexibility index (Phi) is 5.81. The standard InChI is InChI=1S/C20H18N4O4/c1-28-17-7-5-16(6-8-17)23-20(25)15-4-9-18(19(11-15)24(26)27)22-13-14-3-2-10-21-12-14/h2-12,22H,13H2,1H3,(H,23,25). The summed E-state index contributed by atoms with van der Waals surface area (Å²) in [5, 5.41) is 17.2. The van der Waals surface area contributed by atoms with E-state index in [0.717, 1.165) is 5.56 Å². The van der Waals surface area contributed by atoms with Gasteiger partial charge in [0, 0.05) is 36.3 Å². The number of nitrogens with zero attached hydrogens (tertiary/aromatic N) is 2. The first kappa shape index (κ1) is 18.8. The van der Waals surface area contributed by atoms with E-state index in [4.69, 9.17) is 4.74 Å². The summed E-state index contributed by atoms with van der Waals surface area (Å²) in [6, 6.07) is 14.8. The van der Waals surface area contributed by atoms with E-state index in [2.05, 4.69) is 15.6 Å². The number of amides is 1. The maximum Gasteiger partial charge on any atom is 0.293 e. The van der Waals surface area contributed by atoms with Crippen molar-refractivity contribution in [2.24, 2.45) is 0 Å². The largest absolute Gasteiger partial charge is 0.497 e. The number of aromatic nitrogens is 1. The monoisotopic (exact) mass is 378 g/mol. The lowest BCUT2D eigenvalue weighted by Gasteiger charge is -2.10. The molecule has 1 aromatic heterocycles. The molecule has 0 radical (unpaired) electrons. The van der Waals surface area contributed by atoms with Crippen LogP contribution in [0.4, 0.5) is 17.1 Å². The average molecular weight is 378 g/mol. The number of hydrogen-bond acceptors (Lipinski definition) is 6. The highest BCUT2D eigenvalue weighted by Crippen LogP contribution is 2.27. The van der Waals surface area contributed by atoms with Gasteiger partial charge in [-0.2, -0.15) is 0 Å². The van der Waals surface area contributed by atoms with E-state index in [-0.39, 0.29) is 11.3 Å². The van der Waals surface area contributed by atoms with Crippen LogP contribution in [-0.2, 0) is 6.54 Å². The summed E-state index contributed by atoms with van der Waals surface area (Å²) in [6.45, 7) is 0.381. The van der Waals surface area contributed by atoms with E-state index in [1.54, 1.807) is 49.8 Å². The molecule has 0 unspecified atom stereocenters. The lowest BCUT2D eigenvalue weighted by atomic mass is 10.1. The zero-order valence-electron chi connectivity index (χ0n) is 15.1. The van der Waals surface area contributed by atoms with Crippen LogP contribution < -0.4 is 15.4 Å². The predicted molar refractivity (Wildman–Crippen MR) is 106 cm³/mol. The number of nitro groups is 1. The van der Waals surface area contributed by atoms with Crippen molar-refractivity contribution in [3.8, 4) is 5.75 Å². The molecule has 28 heavy (non-hydrogen) atoms. The summed E-state index contributed by atoms with van der Waals surface area (Å²) in [6.07, 6.45) is 3.33. The van der Waals surface area contributed by atoms with Crippen LogP contribution in [0, 0.1) is 10.1 Å². The first-order chi connectivity index (χ1) is 13.6. The van der Waals surface area contributed by atoms with Crippen molar-refractivity contribution in [1.82, 2.24) is 4.98 Å². The van der Waals surface area contributed by atoms with Gasteiger partial charge < -0.3 is 15.4 Å². The molecule has 0 atom stereocenters. The lowest BCUT2D eigenvalue weighted by Crippen LogP contribution is -2.12. The fourth-order valence-corrected chi connectivity index (χ4v) is 2.55. The van der Waals surface area contributed by atoms with E-state index in [0.29, 0.717) is 23.7 Å². The van der Waals surface area contributed by atoms with Crippen molar-refractivity contribution < 1.29 is 14.5 Å². The van der Waals surface area contributed by atoms with E-state index in [1.807, 2.05) is 6.07 Å². The number of pyridine rings is 1. The molecule has 2 aromatic carbocycles. The quantitative estimate of drug-likeness (QED) is 0.478. The third kappa shape index (κ3) is 4.61. The minimum absolute atomic E-state index is 0.175. The maximum atomic E-state index is 12.4. The highest BCUT2D eigenvalue weighted by Gasteiger charge is 2.17. The Bertz CT molecular complexity index is 975. The Balaban J connectivity index is 1.75. The summed E-state index contributed by atoms with van der Waals surface area (Å²) in [4.78, 5) is 27.4. The molecular weight excluding hydrogens is 360 g/mol. The van der Waals surface area contributed by atoms with Gasteiger partial charge in [0.1, 0.15) is 11.4 Å². The number of carbonyl (C=O) groups is 1. The van der Waals surface area contributed by atoms with E-state index < -0.39 is 10.8 Å². The van der Waals surface area contributed by atoms with Crippen LogP contribution in [0.5, 0.6) is 5.75 Å². The van der Waals surface area contributed by atoms with Crippen LogP contribution in [0.15, 0.2) is 67.0 Å². The number of nitrogens with one attached hydrogen (secondary N) is 2. The molecule has 1 amide bonds. The molecule has 2 N–H and O–H groups in total. The number of benzene rings is 2. The number of anilines is 2. The Hall–Kier alpha value is -3.94. The second kappa shape index (κ2) is 8.63. The minimum atomic E-state index is -0.518. The van der Waals surface area contributed by atoms with Gasteiger partial charge in [0.25, 0.3) is 11.6 Å². The number of methoxy groups -OCH3 is 1. The van der Waals surface area contributed by atoms with Crippen LogP contribution in [0.2, 0.25) is 0 Å². The fourth-order valence-electron chi connectivity index (χ4n) is 2.55. The number of carbonyl (C=O) groups excluding carboxylic acids is 1. The van der Waals surface area contributed by atoms with Crippen molar-refractivity contribution in [2.75, 3.05) is 17.7 Å². The molecule has 1 heterocycles. The minimum Gasteiger partial charge on any atom is -0.497 e. The van der Waals surface area contributed by atoms with Gasteiger partial charge in [-0.25, -0.2) is 0 Å². The number of ether oxygens (including phenoxy) is 1. The molecule has 0 saturated carbocycles. The van der Waals surface area contributed by atoms with E-state index >= 15 is 0 Å². The molecule has 8 heteroatoms. The first-order valence-electron chi connectivity index (χ1n) is 8.43. The van der Waals surface area contributed by atoms with Gasteiger partial charge in [0.05, 0.1) is 12.0 Å². The molecule has 0 aliphatic carbocycles. The highest BCUT2D eigenvalue weighted by atomic mass is 16.6. The molecule has 0 spiro atoms. The lowest BCUT2D eigenvalue weighted by molar-refractivity contribution is -0.384. The average Bonchev–Trinajstić information content (AvgIpc) is 2.73. The molecule has 142 valence electrons. The molecule has 0 aliphatic rings. The van der Waals surface area contributed by atoms with Crippen LogP contribution in [0.3, 0.4) is 0 Å². The SMILES string of the molecule is COc1ccc(NC(=O)c2ccc(NCc3cccnc3)c([N+](=O)[O-])c2)cc1. The summed E-state index contributed by atoms with van der Waals surface area (Å²) >= 11 is 0. The first-order valence-corrected chi connectivity index (χ1v) is 8.43. The van der Waals surface area contributed by atoms with Gasteiger partial charge in [0.15, 0.2) is 0 Å². The van der Waals surface area contributed by atoms with Gasteiger partial charge in [-0.3, -0.25) is 19.9 Å². The zero-order valence-corrected chi connectivity index (χ0v) is 15.1. The van der Waals surface area contributed by atoms with E-state index in [1.165, 1.54) is 18.2 Å². The number of nitro benzene ring substituents is 1. The molecule has 0 aliphatic heterocycles. The second-order valence-electron chi connectivity index (χ2n) is 5.89. The van der Waals surface area contributed by atoms with Gasteiger partial charge in [-0.1, -0.05) is 6.07 Å². The number of hydrogen-bond donors (Lipinski definition) is 2. The molecule has 8 nitrogen and oxygen atoms in total. The topological polar surface area (TPSA) is 106 Å². The zero-order chi connectivity index (χ0) is 19.9. The van der Waals surface area contributed by atoms with E-state index in [9.17, 15) is 14.9 Å². The van der Waals surface area contributed by atoms with Gasteiger partial charge in [-0.05, 0) is 48.0 Å². The third-order valence-electron chi connectivity index (χ3n) is 4.01. The van der Waals surface area contributed by atoms with Crippen LogP contribution in [-0.4, -0.2) is 22.9 Å². The second-order valence-corrected chi connectivity index (χ2v) is 5.89. The Labute approximate surface area is 161 Å². The molecule has 0 saturated heterocycles. The van der Waals surface area contributed by atoms with Crippen molar-refractivity contribution in [2.45, 2.75) is 6.54 Å². The van der Waals surface area contributed by atoms with Crippen molar-refractivity contribution >= 4 is 23.0 Å². The van der Waals surface area contributed by atoms with Crippen molar-refractivity contribution in [3.63, 3.8) is 0 Å². The normalized spacial score (nSPS) is 10.2. The van der Waals surface area contributed by atoms with Gasteiger partial charge >= 0.3 is 0 Å². The van der Waals surface area contributed by atoms with Crippen molar-refractivity contribution in [1.29, 1.82) is 0 Å². The van der Waals surface area contributed by atoms with Gasteiger partial charge in [-0.15, -0.1) is 0 Å². The van der Waals surface area contributed by atoms with Crippen LogP contribution >= 0.6 is 0 Å². The molecule has 3 rings (SSSR count). The van der Waals surface area contributed by atoms with Gasteiger partial charge in [0.2, 0.25) is 0 Å². The highest BCUT2D eigenvalue weighted by molar-refractivity contribution is 6.05. The van der Waals surface area contributed by atoms with Crippen molar-refractivity contribution in [3.05, 3.63) is 88.2 Å². The summed E-state index contributed by atoms with van der Waals surface area (Å²) in [5.74, 6) is 0.227. The Morgan fingerprint density at radius 2 is 1.96 bits per heavy atom. The Morgan fingerprint density at radius 3 is 2.61 bits per heavy atom. The predicted octanol–water partition coefficient (Wildman–Crippen LogP) is 3.86. The summed E-state index contributed by atoms with van der Waals surface area (Å²) in [7, 11) is 1.55. The maximum absolute atomic E-state index is 12.4. The molecule has 0 bridgehead atoms. The Morgan fingerprint density at radius 1 is 1.18 bits per heavy atom. The molecule has 3 aromatic rings. The van der Waals surface area contributed by atoms with Crippen LogP contribution in [0.1, 0.15) is 15.9 Å². The fraction of sp³-hybridized carbons (Fsp3) is 0.100. The number of rotatable bonds is 7. The third-order valence-corrected chi connectivity index (χ3v) is 4.01. The molecule has 0 fully saturated rings.